The second-order valence-electron chi connectivity index (χ2n) is 7.02. The predicted molar refractivity (Wildman–Crippen MR) is 126 cm³/mol. The maximum absolute atomic E-state index is 13.0. The minimum atomic E-state index is -0.0336. The first-order chi connectivity index (χ1) is 14.5. The summed E-state index contributed by atoms with van der Waals surface area (Å²) in [5.74, 6) is 0.766. The van der Waals surface area contributed by atoms with Crippen molar-refractivity contribution >= 4 is 56.7 Å². The van der Waals surface area contributed by atoms with Crippen molar-refractivity contribution in [3.8, 4) is 5.75 Å². The van der Waals surface area contributed by atoms with Crippen molar-refractivity contribution in [2.45, 2.75) is 4.90 Å². The number of likely N-dealkylation sites (N-methyl/N-ethyl adjacent to an activating group) is 1. The second-order valence-corrected chi connectivity index (χ2v) is 9.03. The van der Waals surface area contributed by atoms with Gasteiger partial charge in [-0.15, -0.1) is 0 Å². The first kappa shape index (κ1) is 19.1. The Morgan fingerprint density at radius 3 is 2.50 bits per heavy atom. The zero-order valence-corrected chi connectivity index (χ0v) is 18.4. The summed E-state index contributed by atoms with van der Waals surface area (Å²) < 4.78 is 5.35. The number of thioether (sulfide) groups is 2. The Morgan fingerprint density at radius 1 is 0.900 bits per heavy atom. The van der Waals surface area contributed by atoms with E-state index in [1.807, 2.05) is 49.5 Å². The van der Waals surface area contributed by atoms with Gasteiger partial charge in [0.15, 0.2) is 5.17 Å². The fraction of sp³-hybridized carbons (Fsp3) is 0.130. The van der Waals surface area contributed by atoms with Crippen LogP contribution in [0.5, 0.6) is 5.75 Å². The molecule has 30 heavy (non-hydrogen) atoms. The number of amides is 1. The van der Waals surface area contributed by atoms with Crippen molar-refractivity contribution in [2.75, 3.05) is 26.1 Å². The van der Waals surface area contributed by atoms with Gasteiger partial charge in [0.1, 0.15) is 10.7 Å². The number of rotatable bonds is 2. The van der Waals surface area contributed by atoms with Crippen LogP contribution in [0.15, 0.2) is 80.5 Å². The SMILES string of the molecule is COc1ccc2c(c1)N(C)C(=C1SC(=Nc3ccc4ccccc4c3)N(C)C1=O)S2. The summed E-state index contributed by atoms with van der Waals surface area (Å²) in [5, 5.41) is 3.90. The Labute approximate surface area is 183 Å². The van der Waals surface area contributed by atoms with Crippen LogP contribution in [0.1, 0.15) is 0 Å². The Balaban J connectivity index is 1.50. The Bertz CT molecular complexity index is 1250. The Morgan fingerprint density at radius 2 is 1.70 bits per heavy atom. The van der Waals surface area contributed by atoms with E-state index in [2.05, 4.69) is 23.1 Å². The molecule has 0 saturated carbocycles. The minimum absolute atomic E-state index is 0.0336. The third-order valence-corrected chi connectivity index (χ3v) is 7.66. The molecule has 5 rings (SSSR count). The summed E-state index contributed by atoms with van der Waals surface area (Å²) >= 11 is 3.02. The molecule has 1 amide bonds. The van der Waals surface area contributed by atoms with Gasteiger partial charge < -0.3 is 9.64 Å². The van der Waals surface area contributed by atoms with E-state index in [1.165, 1.54) is 17.1 Å². The second kappa shape index (κ2) is 7.41. The molecule has 0 aliphatic carbocycles. The molecule has 3 aromatic rings. The highest BCUT2D eigenvalue weighted by Crippen LogP contribution is 2.50. The average Bonchev–Trinajstić information content (AvgIpc) is 3.24. The van der Waals surface area contributed by atoms with Crippen molar-refractivity contribution in [1.29, 1.82) is 0 Å². The van der Waals surface area contributed by atoms with Crippen LogP contribution in [-0.2, 0) is 4.79 Å². The first-order valence-electron chi connectivity index (χ1n) is 9.42. The van der Waals surface area contributed by atoms with E-state index in [4.69, 9.17) is 9.73 Å². The van der Waals surface area contributed by atoms with E-state index in [1.54, 1.807) is 30.8 Å². The fourth-order valence-corrected chi connectivity index (χ4v) is 5.80. The maximum Gasteiger partial charge on any atom is 0.269 e. The molecule has 0 unspecified atom stereocenters. The lowest BCUT2D eigenvalue weighted by molar-refractivity contribution is -0.121. The van der Waals surface area contributed by atoms with E-state index < -0.39 is 0 Å². The number of nitrogens with zero attached hydrogens (tertiary/aromatic N) is 3. The summed E-state index contributed by atoms with van der Waals surface area (Å²) in [5.41, 5.74) is 1.88. The van der Waals surface area contributed by atoms with Crippen LogP contribution in [0.3, 0.4) is 0 Å². The molecular weight excluding hydrogens is 414 g/mol. The molecular formula is C23H19N3O2S2. The molecule has 5 nitrogen and oxygen atoms in total. The predicted octanol–water partition coefficient (Wildman–Crippen LogP) is 5.45. The number of hydrogen-bond acceptors (Lipinski definition) is 6. The van der Waals surface area contributed by atoms with Crippen LogP contribution >= 0.6 is 23.5 Å². The highest BCUT2D eigenvalue weighted by Gasteiger charge is 2.37. The zero-order valence-electron chi connectivity index (χ0n) is 16.7. The van der Waals surface area contributed by atoms with E-state index in [0.29, 0.717) is 10.1 Å². The molecule has 2 heterocycles. The van der Waals surface area contributed by atoms with E-state index >= 15 is 0 Å². The van der Waals surface area contributed by atoms with Crippen molar-refractivity contribution in [2.24, 2.45) is 4.99 Å². The van der Waals surface area contributed by atoms with Crippen molar-refractivity contribution in [3.05, 3.63) is 70.6 Å². The number of benzene rings is 3. The highest BCUT2D eigenvalue weighted by molar-refractivity contribution is 8.19. The summed E-state index contributed by atoms with van der Waals surface area (Å²) in [6.45, 7) is 0. The zero-order chi connectivity index (χ0) is 20.8. The van der Waals surface area contributed by atoms with Gasteiger partial charge in [-0.3, -0.25) is 9.69 Å². The molecule has 0 radical (unpaired) electrons. The molecule has 3 aromatic carbocycles. The molecule has 1 saturated heterocycles. The summed E-state index contributed by atoms with van der Waals surface area (Å²) in [4.78, 5) is 23.3. The molecule has 0 N–H and O–H groups in total. The van der Waals surface area contributed by atoms with Gasteiger partial charge in [0.05, 0.1) is 23.5 Å². The Kier molecular flexibility index (Phi) is 4.72. The van der Waals surface area contributed by atoms with Crippen LogP contribution < -0.4 is 9.64 Å². The maximum atomic E-state index is 13.0. The van der Waals surface area contributed by atoms with Crippen LogP contribution in [0.25, 0.3) is 10.8 Å². The molecule has 0 bridgehead atoms. The number of ether oxygens (including phenoxy) is 1. The number of methoxy groups -OCH3 is 1. The minimum Gasteiger partial charge on any atom is -0.497 e. The van der Waals surface area contributed by atoms with Gasteiger partial charge in [-0.1, -0.05) is 42.1 Å². The summed E-state index contributed by atoms with van der Waals surface area (Å²) in [7, 11) is 5.41. The van der Waals surface area contributed by atoms with Crippen LogP contribution in [0.2, 0.25) is 0 Å². The highest BCUT2D eigenvalue weighted by atomic mass is 32.2. The number of carbonyl (C=O) groups is 1. The molecule has 150 valence electrons. The molecule has 0 aromatic heterocycles. The molecule has 1 fully saturated rings. The topological polar surface area (TPSA) is 45.1 Å². The number of anilines is 1. The normalized spacial score (nSPS) is 19.8. The molecule has 7 heteroatoms. The Hall–Kier alpha value is -2.90. The van der Waals surface area contributed by atoms with Crippen molar-refractivity contribution in [1.82, 2.24) is 4.90 Å². The number of amidine groups is 1. The molecule has 2 aliphatic rings. The lowest BCUT2D eigenvalue weighted by Gasteiger charge is -2.15. The van der Waals surface area contributed by atoms with Crippen molar-refractivity contribution < 1.29 is 9.53 Å². The standard InChI is InChI=1S/C23H19N3O2S2/c1-25-18-13-17(28-3)10-11-19(18)29-22(25)20-21(27)26(2)23(30-20)24-16-9-8-14-6-4-5-7-15(14)12-16/h4-13H,1-3H3. The lowest BCUT2D eigenvalue weighted by atomic mass is 10.1. The van der Waals surface area contributed by atoms with Gasteiger partial charge in [-0.25, -0.2) is 4.99 Å². The monoisotopic (exact) mass is 433 g/mol. The summed E-state index contributed by atoms with van der Waals surface area (Å²) in [6, 6.07) is 20.2. The molecule has 0 atom stereocenters. The van der Waals surface area contributed by atoms with Crippen LogP contribution in [-0.4, -0.2) is 37.2 Å². The lowest BCUT2D eigenvalue weighted by Crippen LogP contribution is -2.24. The van der Waals surface area contributed by atoms with Gasteiger partial charge in [0.2, 0.25) is 0 Å². The van der Waals surface area contributed by atoms with Gasteiger partial charge in [-0.05, 0) is 46.8 Å². The van der Waals surface area contributed by atoms with Crippen molar-refractivity contribution in [3.63, 3.8) is 0 Å². The molecule has 2 aliphatic heterocycles. The van der Waals surface area contributed by atoms with E-state index in [9.17, 15) is 4.79 Å². The van der Waals surface area contributed by atoms with E-state index in [0.717, 1.165) is 32.4 Å². The third kappa shape index (κ3) is 3.14. The van der Waals surface area contributed by atoms with Gasteiger partial charge in [0, 0.05) is 25.1 Å². The fourth-order valence-electron chi connectivity index (χ4n) is 3.49. The smallest absolute Gasteiger partial charge is 0.269 e. The number of hydrogen-bond donors (Lipinski definition) is 0. The third-order valence-electron chi connectivity index (χ3n) is 5.17. The molecule has 0 spiro atoms. The average molecular weight is 434 g/mol. The van der Waals surface area contributed by atoms with E-state index in [-0.39, 0.29) is 5.91 Å². The van der Waals surface area contributed by atoms with Gasteiger partial charge in [-0.2, -0.15) is 0 Å². The van der Waals surface area contributed by atoms with Crippen LogP contribution in [0.4, 0.5) is 11.4 Å². The first-order valence-corrected chi connectivity index (χ1v) is 11.1. The number of carbonyl (C=O) groups excluding carboxylic acids is 1. The van der Waals surface area contributed by atoms with Gasteiger partial charge >= 0.3 is 0 Å². The van der Waals surface area contributed by atoms with Crippen LogP contribution in [0, 0.1) is 0 Å². The number of aliphatic imine (C=N–C) groups is 1. The quantitative estimate of drug-likeness (QED) is 0.503. The largest absolute Gasteiger partial charge is 0.497 e. The van der Waals surface area contributed by atoms with Gasteiger partial charge in [0.25, 0.3) is 5.91 Å². The summed E-state index contributed by atoms with van der Waals surface area (Å²) in [6.07, 6.45) is 0. The number of fused-ring (bicyclic) bond motifs is 2.